The molecule has 1 aromatic rings. The first-order chi connectivity index (χ1) is 11.9. The van der Waals surface area contributed by atoms with Gasteiger partial charge < -0.3 is 15.5 Å². The molecule has 1 unspecified atom stereocenters. The molecule has 0 bridgehead atoms. The Kier molecular flexibility index (Phi) is 6.82. The summed E-state index contributed by atoms with van der Waals surface area (Å²) in [6.45, 7) is 12.5. The van der Waals surface area contributed by atoms with Crippen LogP contribution in [0.15, 0.2) is 24.3 Å². The van der Waals surface area contributed by atoms with Gasteiger partial charge in [0.05, 0.1) is 0 Å². The summed E-state index contributed by atoms with van der Waals surface area (Å²) in [5, 5.41) is 5.81. The molecular weight excluding hydrogens is 316 g/mol. The molecule has 6 heteroatoms. The standard InChI is InChI=1S/C19H30N4O2/c1-5-22-10-11-23(15(4)13-22)19(25)21-17-8-6-16(7-9-17)18(24)20-12-14(2)3/h6-9,14-15H,5,10-13H2,1-4H3,(H,20,24)(H,21,25). The van der Waals surface area contributed by atoms with E-state index in [1.165, 1.54) is 0 Å². The number of carbonyl (C=O) groups is 2. The maximum atomic E-state index is 12.5. The number of benzene rings is 1. The number of hydrogen-bond donors (Lipinski definition) is 2. The Morgan fingerprint density at radius 2 is 1.88 bits per heavy atom. The van der Waals surface area contributed by atoms with Crippen LogP contribution >= 0.6 is 0 Å². The number of amides is 3. The largest absolute Gasteiger partial charge is 0.352 e. The predicted octanol–water partition coefficient (Wildman–Crippen LogP) is 2.63. The summed E-state index contributed by atoms with van der Waals surface area (Å²) >= 11 is 0. The normalized spacial score (nSPS) is 18.3. The van der Waals surface area contributed by atoms with Gasteiger partial charge in [0.1, 0.15) is 0 Å². The predicted molar refractivity (Wildman–Crippen MR) is 101 cm³/mol. The van der Waals surface area contributed by atoms with Crippen LogP contribution in [0.25, 0.3) is 0 Å². The zero-order chi connectivity index (χ0) is 18.4. The monoisotopic (exact) mass is 346 g/mol. The van der Waals surface area contributed by atoms with Crippen LogP contribution < -0.4 is 10.6 Å². The van der Waals surface area contributed by atoms with Gasteiger partial charge in [-0.05, 0) is 43.7 Å². The van der Waals surface area contributed by atoms with Crippen LogP contribution in [0.3, 0.4) is 0 Å². The fourth-order valence-corrected chi connectivity index (χ4v) is 2.92. The zero-order valence-corrected chi connectivity index (χ0v) is 15.7. The molecular formula is C19H30N4O2. The van der Waals surface area contributed by atoms with E-state index in [9.17, 15) is 9.59 Å². The molecule has 1 aliphatic heterocycles. The zero-order valence-electron chi connectivity index (χ0n) is 15.7. The van der Waals surface area contributed by atoms with Gasteiger partial charge >= 0.3 is 6.03 Å². The summed E-state index contributed by atoms with van der Waals surface area (Å²) in [5.74, 6) is 0.327. The van der Waals surface area contributed by atoms with E-state index >= 15 is 0 Å². The molecule has 2 rings (SSSR count). The molecule has 1 aromatic carbocycles. The van der Waals surface area contributed by atoms with Crippen molar-refractivity contribution in [2.75, 3.05) is 38.0 Å². The van der Waals surface area contributed by atoms with Crippen molar-refractivity contribution in [3.05, 3.63) is 29.8 Å². The van der Waals surface area contributed by atoms with Gasteiger partial charge in [0, 0.05) is 43.5 Å². The van der Waals surface area contributed by atoms with Crippen molar-refractivity contribution < 1.29 is 9.59 Å². The number of anilines is 1. The fourth-order valence-electron chi connectivity index (χ4n) is 2.92. The number of likely N-dealkylation sites (N-methyl/N-ethyl adjacent to an activating group) is 1. The topological polar surface area (TPSA) is 64.7 Å². The molecule has 0 spiro atoms. The Bertz CT molecular complexity index is 586. The first-order valence-electron chi connectivity index (χ1n) is 9.09. The van der Waals surface area contributed by atoms with Crippen molar-refractivity contribution in [1.29, 1.82) is 0 Å². The number of urea groups is 1. The highest BCUT2D eigenvalue weighted by Crippen LogP contribution is 2.14. The average Bonchev–Trinajstić information content (AvgIpc) is 2.59. The minimum Gasteiger partial charge on any atom is -0.352 e. The van der Waals surface area contributed by atoms with Gasteiger partial charge in [-0.15, -0.1) is 0 Å². The minimum absolute atomic E-state index is 0.0831. The maximum absolute atomic E-state index is 12.5. The Hall–Kier alpha value is -2.08. The van der Waals surface area contributed by atoms with Crippen molar-refractivity contribution in [3.63, 3.8) is 0 Å². The molecule has 1 fully saturated rings. The molecule has 1 saturated heterocycles. The van der Waals surface area contributed by atoms with E-state index in [1.54, 1.807) is 24.3 Å². The van der Waals surface area contributed by atoms with Crippen LogP contribution in [0.4, 0.5) is 10.5 Å². The maximum Gasteiger partial charge on any atom is 0.322 e. The molecule has 2 N–H and O–H groups in total. The van der Waals surface area contributed by atoms with E-state index in [2.05, 4.69) is 43.2 Å². The number of nitrogens with one attached hydrogen (secondary N) is 2. The Balaban J connectivity index is 1.90. The van der Waals surface area contributed by atoms with Crippen LogP contribution in [-0.4, -0.2) is 60.5 Å². The average molecular weight is 346 g/mol. The lowest BCUT2D eigenvalue weighted by Crippen LogP contribution is -2.54. The van der Waals surface area contributed by atoms with Crippen LogP contribution in [0.5, 0.6) is 0 Å². The molecule has 1 aliphatic rings. The van der Waals surface area contributed by atoms with Gasteiger partial charge in [0.15, 0.2) is 0 Å². The van der Waals surface area contributed by atoms with E-state index in [-0.39, 0.29) is 18.0 Å². The molecule has 0 saturated carbocycles. The molecule has 25 heavy (non-hydrogen) atoms. The van der Waals surface area contributed by atoms with E-state index in [0.29, 0.717) is 23.7 Å². The molecule has 0 radical (unpaired) electrons. The van der Waals surface area contributed by atoms with Crippen LogP contribution in [0, 0.1) is 5.92 Å². The number of hydrogen-bond acceptors (Lipinski definition) is 3. The summed E-state index contributed by atoms with van der Waals surface area (Å²) in [7, 11) is 0. The van der Waals surface area contributed by atoms with Crippen LogP contribution in [-0.2, 0) is 0 Å². The summed E-state index contributed by atoms with van der Waals surface area (Å²) in [5.41, 5.74) is 1.30. The second kappa shape index (κ2) is 8.85. The Morgan fingerprint density at radius 3 is 2.44 bits per heavy atom. The first kappa shape index (κ1) is 19.2. The molecule has 138 valence electrons. The third-order valence-corrected chi connectivity index (χ3v) is 4.49. The van der Waals surface area contributed by atoms with Crippen molar-refractivity contribution >= 4 is 17.6 Å². The molecule has 1 heterocycles. The first-order valence-corrected chi connectivity index (χ1v) is 9.09. The highest BCUT2D eigenvalue weighted by molar-refractivity contribution is 5.95. The van der Waals surface area contributed by atoms with E-state index < -0.39 is 0 Å². The minimum atomic E-state index is -0.0871. The van der Waals surface area contributed by atoms with Gasteiger partial charge in [0.25, 0.3) is 5.91 Å². The van der Waals surface area contributed by atoms with Gasteiger partial charge in [-0.3, -0.25) is 9.69 Å². The third kappa shape index (κ3) is 5.46. The lowest BCUT2D eigenvalue weighted by atomic mass is 10.1. The highest BCUT2D eigenvalue weighted by Gasteiger charge is 2.26. The van der Waals surface area contributed by atoms with Gasteiger partial charge in [0.2, 0.25) is 0 Å². The molecule has 6 nitrogen and oxygen atoms in total. The summed E-state index contributed by atoms with van der Waals surface area (Å²) < 4.78 is 0. The van der Waals surface area contributed by atoms with E-state index in [4.69, 9.17) is 0 Å². The summed E-state index contributed by atoms with van der Waals surface area (Å²) in [6.07, 6.45) is 0. The van der Waals surface area contributed by atoms with Gasteiger partial charge in [-0.25, -0.2) is 4.79 Å². The third-order valence-electron chi connectivity index (χ3n) is 4.49. The number of rotatable bonds is 5. The lowest BCUT2D eigenvalue weighted by Gasteiger charge is -2.39. The Labute approximate surface area is 150 Å². The number of carbonyl (C=O) groups excluding carboxylic acids is 2. The Morgan fingerprint density at radius 1 is 1.20 bits per heavy atom. The second-order valence-electron chi connectivity index (χ2n) is 7.05. The molecule has 0 aliphatic carbocycles. The molecule has 0 aromatic heterocycles. The number of nitrogens with zero attached hydrogens (tertiary/aromatic N) is 2. The SMILES string of the molecule is CCN1CCN(C(=O)Nc2ccc(C(=O)NCC(C)C)cc2)C(C)C1. The highest BCUT2D eigenvalue weighted by atomic mass is 16.2. The lowest BCUT2D eigenvalue weighted by molar-refractivity contribution is 0.0949. The summed E-state index contributed by atoms with van der Waals surface area (Å²) in [6, 6.07) is 7.13. The van der Waals surface area contributed by atoms with Gasteiger partial charge in [-0.1, -0.05) is 20.8 Å². The molecule has 3 amide bonds. The van der Waals surface area contributed by atoms with Crippen LogP contribution in [0.1, 0.15) is 38.1 Å². The molecule has 1 atom stereocenters. The van der Waals surface area contributed by atoms with Crippen molar-refractivity contribution in [1.82, 2.24) is 15.1 Å². The van der Waals surface area contributed by atoms with Crippen molar-refractivity contribution in [3.8, 4) is 0 Å². The van der Waals surface area contributed by atoms with Crippen molar-refractivity contribution in [2.24, 2.45) is 5.92 Å². The fraction of sp³-hybridized carbons (Fsp3) is 0.579. The second-order valence-corrected chi connectivity index (χ2v) is 7.05. The summed E-state index contributed by atoms with van der Waals surface area (Å²) in [4.78, 5) is 28.7. The van der Waals surface area contributed by atoms with Gasteiger partial charge in [-0.2, -0.15) is 0 Å². The smallest absolute Gasteiger partial charge is 0.322 e. The van der Waals surface area contributed by atoms with Crippen molar-refractivity contribution in [2.45, 2.75) is 33.7 Å². The quantitative estimate of drug-likeness (QED) is 0.861. The van der Waals surface area contributed by atoms with E-state index in [1.807, 2.05) is 4.90 Å². The van der Waals surface area contributed by atoms with E-state index in [0.717, 1.165) is 26.2 Å². The van der Waals surface area contributed by atoms with Crippen LogP contribution in [0.2, 0.25) is 0 Å². The number of piperazine rings is 1.